The van der Waals surface area contributed by atoms with Gasteiger partial charge in [0.25, 0.3) is 0 Å². The third kappa shape index (κ3) is 3.49. The second-order valence-corrected chi connectivity index (χ2v) is 5.04. The Morgan fingerprint density at radius 2 is 2.19 bits per heavy atom. The van der Waals surface area contributed by atoms with Crippen LogP contribution in [0.2, 0.25) is 5.02 Å². The summed E-state index contributed by atoms with van der Waals surface area (Å²) in [6.07, 6.45) is 2.35. The van der Waals surface area contributed by atoms with Crippen LogP contribution in [0, 0.1) is 19.7 Å². The zero-order valence-corrected chi connectivity index (χ0v) is 12.4. The van der Waals surface area contributed by atoms with Gasteiger partial charge in [-0.1, -0.05) is 17.7 Å². The molecule has 0 radical (unpaired) electrons. The molecule has 0 bridgehead atoms. The molecular formula is C15H14ClFN2O2. The summed E-state index contributed by atoms with van der Waals surface area (Å²) in [5, 5.41) is 13.6. The first-order chi connectivity index (χ1) is 9.88. The first-order valence-electron chi connectivity index (χ1n) is 6.27. The van der Waals surface area contributed by atoms with Crippen molar-refractivity contribution in [2.75, 3.05) is 0 Å². The van der Waals surface area contributed by atoms with Crippen LogP contribution < -0.4 is 0 Å². The number of carbonyl (C=O) groups is 1. The van der Waals surface area contributed by atoms with E-state index in [9.17, 15) is 9.18 Å². The van der Waals surface area contributed by atoms with Crippen molar-refractivity contribution in [2.45, 2.75) is 20.4 Å². The minimum absolute atomic E-state index is 0.388. The van der Waals surface area contributed by atoms with Crippen LogP contribution in [0.5, 0.6) is 0 Å². The third-order valence-corrected chi connectivity index (χ3v) is 3.67. The first kappa shape index (κ1) is 15.3. The summed E-state index contributed by atoms with van der Waals surface area (Å²) in [5.41, 5.74) is 2.79. The maximum absolute atomic E-state index is 13.3. The van der Waals surface area contributed by atoms with Gasteiger partial charge in [0.2, 0.25) is 0 Å². The van der Waals surface area contributed by atoms with Gasteiger partial charge >= 0.3 is 5.97 Å². The standard InChI is InChI=1S/C15H14ClFN2O2/c1-9-15(16)10(2)19(18-9)8-12-3-5-13(17)7-11(12)4-6-14(20)21/h3-7H,8H2,1-2H3,(H,20,21). The summed E-state index contributed by atoms with van der Waals surface area (Å²) in [6, 6.07) is 4.24. The molecule has 0 saturated carbocycles. The minimum Gasteiger partial charge on any atom is -0.478 e. The number of carboxylic acid groups (broad SMARTS) is 1. The average Bonchev–Trinajstić information content (AvgIpc) is 2.66. The topological polar surface area (TPSA) is 55.1 Å². The van der Waals surface area contributed by atoms with E-state index in [0.717, 1.165) is 23.0 Å². The summed E-state index contributed by atoms with van der Waals surface area (Å²) in [6.45, 7) is 4.04. The molecule has 1 N–H and O–H groups in total. The molecule has 0 unspecified atom stereocenters. The molecule has 1 aromatic heterocycles. The lowest BCUT2D eigenvalue weighted by atomic mass is 10.1. The number of halogens is 2. The molecule has 2 rings (SSSR count). The molecule has 6 heteroatoms. The second kappa shape index (κ2) is 6.10. The van der Waals surface area contributed by atoms with Crippen LogP contribution in [-0.2, 0) is 11.3 Å². The van der Waals surface area contributed by atoms with Crippen LogP contribution >= 0.6 is 11.6 Å². The van der Waals surface area contributed by atoms with Crippen molar-refractivity contribution in [3.63, 3.8) is 0 Å². The molecule has 110 valence electrons. The summed E-state index contributed by atoms with van der Waals surface area (Å²) >= 11 is 6.10. The predicted octanol–water partition coefficient (Wildman–Crippen LogP) is 3.44. The van der Waals surface area contributed by atoms with Crippen LogP contribution in [0.25, 0.3) is 6.08 Å². The molecule has 0 saturated heterocycles. The zero-order valence-electron chi connectivity index (χ0n) is 11.6. The average molecular weight is 309 g/mol. The van der Waals surface area contributed by atoms with Crippen molar-refractivity contribution in [3.05, 3.63) is 57.6 Å². The summed E-state index contributed by atoms with van der Waals surface area (Å²) in [5.74, 6) is -1.51. The van der Waals surface area contributed by atoms with E-state index in [-0.39, 0.29) is 0 Å². The highest BCUT2D eigenvalue weighted by molar-refractivity contribution is 6.31. The highest BCUT2D eigenvalue weighted by Crippen LogP contribution is 2.21. The zero-order chi connectivity index (χ0) is 15.6. The van der Waals surface area contributed by atoms with E-state index < -0.39 is 11.8 Å². The van der Waals surface area contributed by atoms with Gasteiger partial charge < -0.3 is 5.11 Å². The van der Waals surface area contributed by atoms with Crippen LogP contribution in [-0.4, -0.2) is 20.9 Å². The number of aryl methyl sites for hydroxylation is 1. The predicted molar refractivity (Wildman–Crippen MR) is 78.9 cm³/mol. The van der Waals surface area contributed by atoms with Crippen LogP contribution in [0.4, 0.5) is 4.39 Å². The van der Waals surface area contributed by atoms with Crippen LogP contribution in [0.3, 0.4) is 0 Å². The Morgan fingerprint density at radius 3 is 2.76 bits per heavy atom. The van der Waals surface area contributed by atoms with Gasteiger partial charge in [-0.15, -0.1) is 0 Å². The van der Waals surface area contributed by atoms with Crippen LogP contribution in [0.15, 0.2) is 24.3 Å². The van der Waals surface area contributed by atoms with Gasteiger partial charge in [-0.05, 0) is 43.2 Å². The summed E-state index contributed by atoms with van der Waals surface area (Å²) < 4.78 is 15.0. The molecular weight excluding hydrogens is 295 g/mol. The van der Waals surface area contributed by atoms with Crippen molar-refractivity contribution < 1.29 is 14.3 Å². The van der Waals surface area contributed by atoms with Crippen molar-refractivity contribution in [2.24, 2.45) is 0 Å². The quantitative estimate of drug-likeness (QED) is 0.880. The van der Waals surface area contributed by atoms with E-state index in [1.165, 1.54) is 18.2 Å². The van der Waals surface area contributed by atoms with E-state index in [1.807, 2.05) is 13.8 Å². The van der Waals surface area contributed by atoms with Gasteiger partial charge in [-0.25, -0.2) is 9.18 Å². The summed E-state index contributed by atoms with van der Waals surface area (Å²) in [4.78, 5) is 10.6. The Morgan fingerprint density at radius 1 is 1.48 bits per heavy atom. The Kier molecular flexibility index (Phi) is 4.43. The molecule has 0 aliphatic heterocycles. The van der Waals surface area contributed by atoms with E-state index in [2.05, 4.69) is 5.10 Å². The van der Waals surface area contributed by atoms with Crippen molar-refractivity contribution in [3.8, 4) is 0 Å². The van der Waals surface area contributed by atoms with Crippen molar-refractivity contribution >= 4 is 23.6 Å². The minimum atomic E-state index is -1.08. The molecule has 21 heavy (non-hydrogen) atoms. The van der Waals surface area contributed by atoms with E-state index >= 15 is 0 Å². The maximum atomic E-state index is 13.3. The number of benzene rings is 1. The highest BCUT2D eigenvalue weighted by atomic mass is 35.5. The second-order valence-electron chi connectivity index (χ2n) is 4.66. The third-order valence-electron chi connectivity index (χ3n) is 3.13. The van der Waals surface area contributed by atoms with Crippen molar-refractivity contribution in [1.29, 1.82) is 0 Å². The lowest BCUT2D eigenvalue weighted by Gasteiger charge is -2.08. The highest BCUT2D eigenvalue weighted by Gasteiger charge is 2.11. The number of hydrogen-bond acceptors (Lipinski definition) is 2. The lowest BCUT2D eigenvalue weighted by Crippen LogP contribution is -2.06. The van der Waals surface area contributed by atoms with Gasteiger partial charge in [0.05, 0.1) is 23.0 Å². The number of carboxylic acids is 1. The van der Waals surface area contributed by atoms with Gasteiger partial charge in [0.1, 0.15) is 5.82 Å². The fraction of sp³-hybridized carbons (Fsp3) is 0.200. The van der Waals surface area contributed by atoms with E-state index in [1.54, 1.807) is 10.7 Å². The molecule has 0 atom stereocenters. The number of aromatic nitrogens is 2. The van der Waals surface area contributed by atoms with Gasteiger partial charge in [0, 0.05) is 6.08 Å². The smallest absolute Gasteiger partial charge is 0.328 e. The monoisotopic (exact) mass is 308 g/mol. The fourth-order valence-corrected chi connectivity index (χ4v) is 2.15. The van der Waals surface area contributed by atoms with E-state index in [4.69, 9.17) is 16.7 Å². The van der Waals surface area contributed by atoms with Crippen LogP contribution in [0.1, 0.15) is 22.5 Å². The summed E-state index contributed by atoms with van der Waals surface area (Å²) in [7, 11) is 0. The lowest BCUT2D eigenvalue weighted by molar-refractivity contribution is -0.131. The Labute approximate surface area is 126 Å². The molecule has 0 fully saturated rings. The fourth-order valence-electron chi connectivity index (χ4n) is 2.02. The first-order valence-corrected chi connectivity index (χ1v) is 6.65. The number of aliphatic carboxylic acids is 1. The van der Waals surface area contributed by atoms with Gasteiger partial charge in [0.15, 0.2) is 0 Å². The Hall–Kier alpha value is -2.14. The molecule has 1 heterocycles. The number of nitrogens with zero attached hydrogens (tertiary/aromatic N) is 2. The molecule has 0 spiro atoms. The molecule has 2 aromatic rings. The molecule has 0 aliphatic rings. The molecule has 4 nitrogen and oxygen atoms in total. The number of hydrogen-bond donors (Lipinski definition) is 1. The van der Waals surface area contributed by atoms with E-state index in [0.29, 0.717) is 17.1 Å². The Bertz CT molecular complexity index is 723. The number of rotatable bonds is 4. The van der Waals surface area contributed by atoms with Gasteiger partial charge in [-0.3, -0.25) is 4.68 Å². The maximum Gasteiger partial charge on any atom is 0.328 e. The van der Waals surface area contributed by atoms with Gasteiger partial charge in [-0.2, -0.15) is 5.10 Å². The normalized spacial score (nSPS) is 11.2. The Balaban J connectivity index is 2.39. The molecule has 1 aromatic carbocycles. The molecule has 0 aliphatic carbocycles. The molecule has 0 amide bonds. The van der Waals surface area contributed by atoms with Crippen molar-refractivity contribution in [1.82, 2.24) is 9.78 Å². The largest absolute Gasteiger partial charge is 0.478 e. The SMILES string of the molecule is Cc1nn(Cc2ccc(F)cc2C=CC(=O)O)c(C)c1Cl.